The van der Waals surface area contributed by atoms with Crippen molar-refractivity contribution >= 4 is 14.4 Å². The molecule has 0 bridgehead atoms. The van der Waals surface area contributed by atoms with E-state index in [2.05, 4.69) is 33.9 Å². The van der Waals surface area contributed by atoms with E-state index in [-0.39, 0.29) is 17.1 Å². The van der Waals surface area contributed by atoms with Crippen LogP contribution in [0.3, 0.4) is 0 Å². The maximum Gasteiger partial charge on any atom is 0.411 e. The number of rotatable bonds is 6. The minimum Gasteiger partial charge on any atom is -0.549 e. The standard InChI is InChI=1S/C17H32N2O3Si/c1-13(2)19(14(3)4)16(20)22-15(12-18)10-11-21-23(8,9)17(5,6)7/h10-11,13-15H,1-9H3/t15-/m0/s1. The molecule has 0 rings (SSSR count). The molecule has 0 saturated carbocycles. The fourth-order valence-electron chi connectivity index (χ4n) is 1.75. The second-order valence-electron chi connectivity index (χ2n) is 7.73. The fraction of sp³-hybridized carbons (Fsp3) is 0.765. The average Bonchev–Trinajstić information content (AvgIpc) is 2.34. The first-order chi connectivity index (χ1) is 10.3. The third kappa shape index (κ3) is 6.65. The van der Waals surface area contributed by atoms with Crippen LogP contribution in [-0.4, -0.2) is 37.5 Å². The molecule has 0 saturated heterocycles. The van der Waals surface area contributed by atoms with Gasteiger partial charge in [-0.3, -0.25) is 0 Å². The maximum absolute atomic E-state index is 12.2. The molecule has 0 unspecified atom stereocenters. The molecule has 0 aromatic carbocycles. The van der Waals surface area contributed by atoms with Gasteiger partial charge in [-0.15, -0.1) is 0 Å². The summed E-state index contributed by atoms with van der Waals surface area (Å²) in [4.78, 5) is 13.8. The Morgan fingerprint density at radius 3 is 2.00 bits per heavy atom. The first kappa shape index (κ1) is 21.5. The zero-order valence-corrected chi connectivity index (χ0v) is 17.0. The van der Waals surface area contributed by atoms with Crippen molar-refractivity contribution in [1.29, 1.82) is 5.26 Å². The van der Waals surface area contributed by atoms with Crippen molar-refractivity contribution < 1.29 is 14.0 Å². The lowest BCUT2D eigenvalue weighted by molar-refractivity contribution is 0.0733. The Bertz CT molecular complexity index is 451. The van der Waals surface area contributed by atoms with Crippen LogP contribution < -0.4 is 0 Å². The molecule has 0 aliphatic rings. The number of hydrogen-bond donors (Lipinski definition) is 0. The van der Waals surface area contributed by atoms with Crippen molar-refractivity contribution in [3.63, 3.8) is 0 Å². The van der Waals surface area contributed by atoms with E-state index in [1.807, 2.05) is 33.8 Å². The molecule has 0 N–H and O–H groups in total. The summed E-state index contributed by atoms with van der Waals surface area (Å²) in [5, 5.41) is 9.25. The van der Waals surface area contributed by atoms with Crippen LogP contribution in [-0.2, 0) is 9.16 Å². The van der Waals surface area contributed by atoms with Gasteiger partial charge in [0.05, 0.1) is 6.26 Å². The van der Waals surface area contributed by atoms with Crippen LogP contribution in [0, 0.1) is 11.3 Å². The van der Waals surface area contributed by atoms with Crippen molar-refractivity contribution in [2.75, 3.05) is 0 Å². The summed E-state index contributed by atoms with van der Waals surface area (Å²) < 4.78 is 11.1. The van der Waals surface area contributed by atoms with Gasteiger partial charge < -0.3 is 14.1 Å². The molecule has 0 heterocycles. The van der Waals surface area contributed by atoms with Crippen LogP contribution in [0.1, 0.15) is 48.5 Å². The summed E-state index contributed by atoms with van der Waals surface area (Å²) in [5.74, 6) is 0. The highest BCUT2D eigenvalue weighted by molar-refractivity contribution is 6.74. The van der Waals surface area contributed by atoms with Gasteiger partial charge in [0.1, 0.15) is 6.07 Å². The Labute approximate surface area is 142 Å². The van der Waals surface area contributed by atoms with E-state index >= 15 is 0 Å². The van der Waals surface area contributed by atoms with E-state index in [0.717, 1.165) is 0 Å². The highest BCUT2D eigenvalue weighted by Crippen LogP contribution is 2.36. The van der Waals surface area contributed by atoms with Crippen molar-refractivity contribution in [1.82, 2.24) is 4.90 Å². The third-order valence-corrected chi connectivity index (χ3v) is 8.44. The Kier molecular flexibility index (Phi) is 7.85. The molecule has 23 heavy (non-hydrogen) atoms. The van der Waals surface area contributed by atoms with Gasteiger partial charge in [0, 0.05) is 18.2 Å². The van der Waals surface area contributed by atoms with Crippen molar-refractivity contribution in [2.24, 2.45) is 0 Å². The van der Waals surface area contributed by atoms with Gasteiger partial charge in [0.15, 0.2) is 0 Å². The minimum absolute atomic E-state index is 0.00861. The van der Waals surface area contributed by atoms with E-state index in [0.29, 0.717) is 0 Å². The Morgan fingerprint density at radius 2 is 1.65 bits per heavy atom. The van der Waals surface area contributed by atoms with E-state index in [9.17, 15) is 10.1 Å². The molecule has 0 aliphatic heterocycles. The molecule has 5 nitrogen and oxygen atoms in total. The highest BCUT2D eigenvalue weighted by atomic mass is 28.4. The predicted octanol–water partition coefficient (Wildman–Crippen LogP) is 4.67. The van der Waals surface area contributed by atoms with Crippen molar-refractivity contribution in [3.8, 4) is 6.07 Å². The molecule has 0 fully saturated rings. The number of amides is 1. The molecule has 132 valence electrons. The van der Waals surface area contributed by atoms with E-state index in [1.165, 1.54) is 12.3 Å². The molecular weight excluding hydrogens is 308 g/mol. The normalized spacial score (nSPS) is 14.0. The highest BCUT2D eigenvalue weighted by Gasteiger charge is 2.38. The lowest BCUT2D eigenvalue weighted by Crippen LogP contribution is -2.43. The van der Waals surface area contributed by atoms with E-state index in [1.54, 1.807) is 4.90 Å². The summed E-state index contributed by atoms with van der Waals surface area (Å²) in [6.45, 7) is 18.3. The predicted molar refractivity (Wildman–Crippen MR) is 95.4 cm³/mol. The van der Waals surface area contributed by atoms with Gasteiger partial charge in [-0.25, -0.2) is 4.79 Å². The molecule has 6 heteroatoms. The molecule has 0 radical (unpaired) electrons. The van der Waals surface area contributed by atoms with Crippen LogP contribution in [0.5, 0.6) is 0 Å². The smallest absolute Gasteiger partial charge is 0.411 e. The summed E-state index contributed by atoms with van der Waals surface area (Å²) in [7, 11) is -1.93. The first-order valence-corrected chi connectivity index (χ1v) is 11.0. The quantitative estimate of drug-likeness (QED) is 0.520. The van der Waals surface area contributed by atoms with Crippen LogP contribution in [0.4, 0.5) is 4.79 Å². The lowest BCUT2D eigenvalue weighted by atomic mass is 10.2. The minimum atomic E-state index is -1.93. The van der Waals surface area contributed by atoms with Gasteiger partial charge in [0.25, 0.3) is 0 Å². The van der Waals surface area contributed by atoms with Crippen molar-refractivity contribution in [2.45, 2.75) is 84.8 Å². The molecule has 1 amide bonds. The van der Waals surface area contributed by atoms with E-state index < -0.39 is 20.5 Å². The van der Waals surface area contributed by atoms with Crippen LogP contribution in [0.2, 0.25) is 18.1 Å². The SMILES string of the molecule is CC(C)N(C(=O)O[C@H](C#N)C=CO[Si](C)(C)C(C)(C)C)C(C)C. The summed E-state index contributed by atoms with van der Waals surface area (Å²) in [6, 6.07) is 1.99. The molecular formula is C17H32N2O3Si. The van der Waals surface area contributed by atoms with Gasteiger partial charge in [-0.2, -0.15) is 5.26 Å². The molecule has 0 spiro atoms. The number of carbonyl (C=O) groups excluding carboxylic acids is 1. The molecule has 1 atom stereocenters. The second-order valence-corrected chi connectivity index (χ2v) is 12.5. The summed E-state index contributed by atoms with van der Waals surface area (Å²) in [5.41, 5.74) is 0. The van der Waals surface area contributed by atoms with Gasteiger partial charge in [-0.05, 0) is 45.8 Å². The van der Waals surface area contributed by atoms with E-state index in [4.69, 9.17) is 9.16 Å². The Balaban J connectivity index is 4.84. The zero-order valence-electron chi connectivity index (χ0n) is 16.0. The number of carbonyl (C=O) groups is 1. The van der Waals surface area contributed by atoms with Crippen LogP contribution >= 0.6 is 0 Å². The zero-order chi connectivity index (χ0) is 18.4. The second kappa shape index (κ2) is 8.39. The topological polar surface area (TPSA) is 62.6 Å². The number of nitriles is 1. The van der Waals surface area contributed by atoms with Crippen LogP contribution in [0.25, 0.3) is 0 Å². The van der Waals surface area contributed by atoms with Gasteiger partial charge in [0.2, 0.25) is 14.4 Å². The third-order valence-electron chi connectivity index (χ3n) is 4.10. The average molecular weight is 341 g/mol. The van der Waals surface area contributed by atoms with Gasteiger partial charge in [-0.1, -0.05) is 20.8 Å². The number of nitrogens with zero attached hydrogens (tertiary/aromatic N) is 2. The van der Waals surface area contributed by atoms with Gasteiger partial charge >= 0.3 is 6.09 Å². The molecule has 0 aromatic rings. The van der Waals surface area contributed by atoms with Crippen LogP contribution in [0.15, 0.2) is 12.3 Å². The molecule has 0 aliphatic carbocycles. The number of hydrogen-bond acceptors (Lipinski definition) is 4. The monoisotopic (exact) mass is 340 g/mol. The Morgan fingerprint density at radius 1 is 1.17 bits per heavy atom. The maximum atomic E-state index is 12.2. The lowest BCUT2D eigenvalue weighted by Gasteiger charge is -2.35. The Hall–Kier alpha value is -1.48. The first-order valence-electron chi connectivity index (χ1n) is 8.06. The largest absolute Gasteiger partial charge is 0.549 e. The summed E-state index contributed by atoms with van der Waals surface area (Å²) >= 11 is 0. The molecule has 0 aromatic heterocycles. The van der Waals surface area contributed by atoms with Crippen molar-refractivity contribution in [3.05, 3.63) is 12.3 Å². The number of ether oxygens (including phenoxy) is 1. The summed E-state index contributed by atoms with van der Waals surface area (Å²) in [6.07, 6.45) is 1.57. The fourth-order valence-corrected chi connectivity index (χ4v) is 2.53.